The van der Waals surface area contributed by atoms with Gasteiger partial charge in [0.2, 0.25) is 0 Å². The third-order valence-electron chi connectivity index (χ3n) is 18.3. The summed E-state index contributed by atoms with van der Waals surface area (Å²) in [6, 6.07) is 2.31. The Balaban J connectivity index is 1.25. The molecule has 6 fully saturated rings. The van der Waals surface area contributed by atoms with Gasteiger partial charge in [0.15, 0.2) is 0 Å². The number of Topliss-reactive ketones (excluding diaryl/α,β-unsaturated/α-hetero) is 1. The summed E-state index contributed by atoms with van der Waals surface area (Å²) in [6.07, 6.45) is 20.3. The zero-order valence-corrected chi connectivity index (χ0v) is 31.2. The van der Waals surface area contributed by atoms with Crippen molar-refractivity contribution < 1.29 is 24.9 Å². The number of aliphatic hydroxyl groups is 3. The van der Waals surface area contributed by atoms with Crippen LogP contribution in [0.15, 0.2) is 35.6 Å². The zero-order chi connectivity index (χ0) is 34.9. The highest BCUT2D eigenvalue weighted by atomic mass is 16.6. The van der Waals surface area contributed by atoms with Crippen LogP contribution >= 0.6 is 0 Å². The number of hydrogen-bond donors (Lipinski definition) is 4. The molecule has 8 aliphatic carbocycles. The van der Waals surface area contributed by atoms with Crippen molar-refractivity contribution in [3.8, 4) is 0 Å². The van der Waals surface area contributed by atoms with E-state index >= 15 is 0 Å². The van der Waals surface area contributed by atoms with E-state index in [2.05, 4.69) is 64.0 Å². The first kappa shape index (κ1) is 32.9. The average molecular weight is 684 g/mol. The van der Waals surface area contributed by atoms with Crippen LogP contribution in [0.4, 0.5) is 0 Å². The largest absolute Gasteiger partial charge is 0.392 e. The number of aromatic amines is 1. The molecule has 6 nitrogen and oxygen atoms in total. The molecule has 1 aliphatic heterocycles. The second kappa shape index (κ2) is 10.1. The fourth-order valence-electron chi connectivity index (χ4n) is 16.7. The average Bonchev–Trinajstić information content (AvgIpc) is 3.34. The summed E-state index contributed by atoms with van der Waals surface area (Å²) in [6.45, 7) is 10.9. The predicted octanol–water partition coefficient (Wildman–Crippen LogP) is 7.72. The van der Waals surface area contributed by atoms with Gasteiger partial charge in [-0.1, -0.05) is 63.3 Å². The number of aromatic nitrogens is 1. The quantitative estimate of drug-likeness (QED) is 0.188. The van der Waals surface area contributed by atoms with E-state index in [1.54, 1.807) is 5.57 Å². The van der Waals surface area contributed by atoms with Crippen LogP contribution in [-0.4, -0.2) is 55.6 Å². The van der Waals surface area contributed by atoms with E-state index in [4.69, 9.17) is 4.74 Å². The molecule has 5 saturated carbocycles. The van der Waals surface area contributed by atoms with E-state index in [0.29, 0.717) is 37.4 Å². The standard InChI is InChI=1S/C44H61NO5/c1-25(19-32(46)37-39(4,5)50-37)29-12-17-42(27-9-7-6-8-10-27)31(29)23-41(49)16-11-28-20-35(48)38(2,3)34-13-15-40(42)21-26-14-18-45-36(26)30-22-44(40,41)43(28,34)24-33(30)47/h11,14,16,18,25,27-28,30,32-34,37,45-47,49H,6-10,12-13,15,17,19-24H2,1-5H3. The molecule has 6 heteroatoms. The maximum absolute atomic E-state index is 14.1. The van der Waals surface area contributed by atoms with E-state index in [0.717, 1.165) is 38.5 Å². The molecule has 12 unspecified atom stereocenters. The Morgan fingerprint density at radius 3 is 2.54 bits per heavy atom. The zero-order valence-electron chi connectivity index (χ0n) is 31.2. The number of fused-ring (bicyclic) bond motifs is 4. The molecule has 0 radical (unpaired) electrons. The SMILES string of the molecule is CC(CC(O)C1OC1(C)C)C1=C2CC3(O)C=CC4CC(=O)C(C)(C)C5CCC6(Cc7cc[nH]c7C7CC36C45CC7O)C2(C2CCCCC2)CC1. The Labute approximate surface area is 298 Å². The van der Waals surface area contributed by atoms with Crippen molar-refractivity contribution in [3.05, 3.63) is 46.8 Å². The van der Waals surface area contributed by atoms with Crippen molar-refractivity contribution in [2.24, 2.45) is 50.7 Å². The fourth-order valence-corrected chi connectivity index (χ4v) is 16.7. The summed E-state index contributed by atoms with van der Waals surface area (Å²) in [5.41, 5.74) is 2.77. The summed E-state index contributed by atoms with van der Waals surface area (Å²) in [5.74, 6) is 1.27. The molecule has 4 N–H and O–H groups in total. The van der Waals surface area contributed by atoms with Crippen LogP contribution in [0.25, 0.3) is 0 Å². The molecular weight excluding hydrogens is 622 g/mol. The van der Waals surface area contributed by atoms with Crippen LogP contribution in [0.3, 0.4) is 0 Å². The van der Waals surface area contributed by atoms with Crippen molar-refractivity contribution in [2.75, 3.05) is 0 Å². The van der Waals surface area contributed by atoms with E-state index in [1.165, 1.54) is 48.9 Å². The number of H-pyrrole nitrogens is 1. The van der Waals surface area contributed by atoms with Gasteiger partial charge in [-0.2, -0.15) is 0 Å². The third-order valence-corrected chi connectivity index (χ3v) is 18.3. The van der Waals surface area contributed by atoms with Gasteiger partial charge in [0.05, 0.1) is 23.4 Å². The predicted molar refractivity (Wildman–Crippen MR) is 192 cm³/mol. The van der Waals surface area contributed by atoms with Gasteiger partial charge in [0, 0.05) is 46.9 Å². The number of carbonyl (C=O) groups excluding carboxylic acids is 1. The number of allylic oxidation sites excluding steroid dienone is 2. The lowest BCUT2D eigenvalue weighted by Gasteiger charge is -2.83. The summed E-state index contributed by atoms with van der Waals surface area (Å²) < 4.78 is 5.93. The lowest BCUT2D eigenvalue weighted by Crippen LogP contribution is -2.83. The number of ketones is 1. The maximum atomic E-state index is 14.1. The first-order valence-electron chi connectivity index (χ1n) is 20.6. The maximum Gasteiger partial charge on any atom is 0.139 e. The number of rotatable bonds is 5. The molecule has 0 aromatic carbocycles. The molecule has 12 atom stereocenters. The highest BCUT2D eigenvalue weighted by Gasteiger charge is 2.87. The summed E-state index contributed by atoms with van der Waals surface area (Å²) in [5, 5.41) is 37.9. The van der Waals surface area contributed by atoms with Gasteiger partial charge in [-0.3, -0.25) is 4.79 Å². The lowest BCUT2D eigenvalue weighted by molar-refractivity contribution is -0.353. The molecule has 50 heavy (non-hydrogen) atoms. The summed E-state index contributed by atoms with van der Waals surface area (Å²) in [4.78, 5) is 17.8. The van der Waals surface area contributed by atoms with Crippen molar-refractivity contribution in [1.29, 1.82) is 0 Å². The third kappa shape index (κ3) is 3.56. The number of nitrogens with one attached hydrogen (secondary N) is 1. The van der Waals surface area contributed by atoms with Crippen LogP contribution in [0, 0.1) is 50.7 Å². The van der Waals surface area contributed by atoms with Gasteiger partial charge in [-0.25, -0.2) is 0 Å². The van der Waals surface area contributed by atoms with Gasteiger partial charge in [0.1, 0.15) is 11.9 Å². The summed E-state index contributed by atoms with van der Waals surface area (Å²) >= 11 is 0. The molecule has 2 heterocycles. The highest BCUT2D eigenvalue weighted by molar-refractivity contribution is 5.86. The first-order chi connectivity index (χ1) is 23.7. The Morgan fingerprint density at radius 1 is 1.04 bits per heavy atom. The molecule has 2 bridgehead atoms. The van der Waals surface area contributed by atoms with Gasteiger partial charge in [0.25, 0.3) is 0 Å². The molecule has 2 spiro atoms. The van der Waals surface area contributed by atoms with Crippen molar-refractivity contribution in [2.45, 2.75) is 166 Å². The molecule has 9 aliphatic rings. The van der Waals surface area contributed by atoms with Crippen LogP contribution in [0.5, 0.6) is 0 Å². The van der Waals surface area contributed by atoms with E-state index in [1.807, 2.05) is 0 Å². The number of hydrogen-bond acceptors (Lipinski definition) is 5. The van der Waals surface area contributed by atoms with Crippen molar-refractivity contribution in [1.82, 2.24) is 4.98 Å². The van der Waals surface area contributed by atoms with E-state index < -0.39 is 28.6 Å². The number of epoxide rings is 1. The van der Waals surface area contributed by atoms with Crippen LogP contribution < -0.4 is 0 Å². The van der Waals surface area contributed by atoms with Crippen molar-refractivity contribution in [3.63, 3.8) is 0 Å². The number of aliphatic hydroxyl groups excluding tert-OH is 2. The monoisotopic (exact) mass is 683 g/mol. The molecular formula is C44H61NO5. The highest BCUT2D eigenvalue weighted by Crippen LogP contribution is 2.89. The van der Waals surface area contributed by atoms with Gasteiger partial charge in [-0.15, -0.1) is 0 Å². The van der Waals surface area contributed by atoms with Crippen LogP contribution in [0.2, 0.25) is 0 Å². The van der Waals surface area contributed by atoms with Crippen molar-refractivity contribution >= 4 is 5.78 Å². The second-order valence-corrected chi connectivity index (χ2v) is 20.4. The molecule has 10 rings (SSSR count). The second-order valence-electron chi connectivity index (χ2n) is 20.4. The minimum absolute atomic E-state index is 0.0450. The normalized spacial score (nSPS) is 49.0. The van der Waals surface area contributed by atoms with Gasteiger partial charge >= 0.3 is 0 Å². The van der Waals surface area contributed by atoms with Crippen LogP contribution in [-0.2, 0) is 16.0 Å². The molecule has 1 aromatic heterocycles. The Kier molecular flexibility index (Phi) is 6.62. The lowest BCUT2D eigenvalue weighted by atomic mass is 9.20. The Bertz CT molecular complexity index is 1700. The van der Waals surface area contributed by atoms with E-state index in [-0.39, 0.29) is 51.6 Å². The Morgan fingerprint density at radius 2 is 1.80 bits per heavy atom. The smallest absolute Gasteiger partial charge is 0.139 e. The minimum Gasteiger partial charge on any atom is -0.392 e. The van der Waals surface area contributed by atoms with E-state index in [9.17, 15) is 20.1 Å². The van der Waals surface area contributed by atoms with Gasteiger partial charge < -0.3 is 25.0 Å². The molecule has 272 valence electrons. The topological polar surface area (TPSA) is 106 Å². The fraction of sp³-hybridized carbons (Fsp3) is 0.795. The first-order valence-corrected chi connectivity index (χ1v) is 20.6. The minimum atomic E-state index is -1.07. The summed E-state index contributed by atoms with van der Waals surface area (Å²) in [7, 11) is 0. The van der Waals surface area contributed by atoms with Crippen LogP contribution in [0.1, 0.15) is 142 Å². The van der Waals surface area contributed by atoms with Gasteiger partial charge in [-0.05, 0) is 124 Å². The molecule has 1 saturated heterocycles. The number of carbonyl (C=O) groups is 1. The molecule has 1 aromatic rings. The Hall–Kier alpha value is -1.73. The molecule has 0 amide bonds. The number of ether oxygens (including phenoxy) is 1.